The maximum Gasteiger partial charge on any atom is 0.118 e. The number of hydrogen-bond donors (Lipinski definition) is 1. The Labute approximate surface area is 87.1 Å². The van der Waals surface area contributed by atoms with E-state index in [1.807, 2.05) is 31.2 Å². The maximum atomic E-state index is 5.89. The van der Waals surface area contributed by atoms with Gasteiger partial charge in [-0.25, -0.2) is 0 Å². The van der Waals surface area contributed by atoms with Gasteiger partial charge >= 0.3 is 0 Å². The van der Waals surface area contributed by atoms with Crippen LogP contribution in [0.5, 0.6) is 0 Å². The van der Waals surface area contributed by atoms with Gasteiger partial charge < -0.3 is 10.5 Å². The highest BCUT2D eigenvalue weighted by Gasteiger charge is 2.12. The molecule has 2 heteroatoms. The first-order valence-electron chi connectivity index (χ1n) is 4.76. The monoisotopic (exact) mass is 195 g/mol. The highest BCUT2D eigenvalue weighted by atomic mass is 16.5. The summed E-state index contributed by atoms with van der Waals surface area (Å²) in [5.74, 6) is 0.805. The second kappa shape index (κ2) is 5.53. The molecule has 80 valence electrons. The van der Waals surface area contributed by atoms with Gasteiger partial charge in [0.1, 0.15) is 5.76 Å². The van der Waals surface area contributed by atoms with Crippen molar-refractivity contribution in [3.05, 3.63) is 35.8 Å². The quantitative estimate of drug-likeness (QED) is 0.555. The van der Waals surface area contributed by atoms with Crippen molar-refractivity contribution in [3.8, 4) is 0 Å². The zero-order valence-electron chi connectivity index (χ0n) is 9.79. The molecule has 0 radical (unpaired) electrons. The first-order chi connectivity index (χ1) is 6.41. The van der Waals surface area contributed by atoms with Crippen molar-refractivity contribution in [2.75, 3.05) is 7.11 Å². The normalized spacial score (nSPS) is 14.9. The zero-order valence-corrected chi connectivity index (χ0v) is 9.79. The van der Waals surface area contributed by atoms with Crippen LogP contribution in [0.15, 0.2) is 35.8 Å². The van der Waals surface area contributed by atoms with Crippen molar-refractivity contribution in [2.24, 2.45) is 11.1 Å². The van der Waals surface area contributed by atoms with E-state index in [2.05, 4.69) is 20.8 Å². The van der Waals surface area contributed by atoms with E-state index in [1.54, 1.807) is 7.11 Å². The molecule has 0 aromatic carbocycles. The lowest BCUT2D eigenvalue weighted by atomic mass is 9.92. The third-order valence-corrected chi connectivity index (χ3v) is 1.86. The number of ether oxygens (including phenoxy) is 1. The van der Waals surface area contributed by atoms with Crippen LogP contribution >= 0.6 is 0 Å². The molecular weight excluding hydrogens is 174 g/mol. The number of rotatable bonds is 3. The summed E-state index contributed by atoms with van der Waals surface area (Å²) in [5.41, 5.74) is 6.74. The van der Waals surface area contributed by atoms with E-state index in [4.69, 9.17) is 10.5 Å². The van der Waals surface area contributed by atoms with Crippen molar-refractivity contribution in [1.82, 2.24) is 0 Å². The molecular formula is C12H21NO. The molecule has 14 heavy (non-hydrogen) atoms. The third kappa shape index (κ3) is 4.75. The fraction of sp³-hybridized carbons (Fsp3) is 0.500. The fourth-order valence-corrected chi connectivity index (χ4v) is 0.778. The van der Waals surface area contributed by atoms with Crippen molar-refractivity contribution in [1.29, 1.82) is 0 Å². The predicted molar refractivity (Wildman–Crippen MR) is 61.6 cm³/mol. The summed E-state index contributed by atoms with van der Waals surface area (Å²) in [5, 5.41) is 0. The van der Waals surface area contributed by atoms with Crippen LogP contribution in [0.4, 0.5) is 0 Å². The molecule has 0 spiro atoms. The molecule has 0 aliphatic carbocycles. The zero-order chi connectivity index (χ0) is 11.2. The molecule has 0 aliphatic heterocycles. The van der Waals surface area contributed by atoms with E-state index in [9.17, 15) is 0 Å². The summed E-state index contributed by atoms with van der Waals surface area (Å²) < 4.78 is 5.13. The molecule has 2 N–H and O–H groups in total. The van der Waals surface area contributed by atoms with Crippen molar-refractivity contribution in [2.45, 2.75) is 27.7 Å². The van der Waals surface area contributed by atoms with Crippen molar-refractivity contribution in [3.63, 3.8) is 0 Å². The van der Waals surface area contributed by atoms with E-state index in [1.165, 1.54) is 0 Å². The summed E-state index contributed by atoms with van der Waals surface area (Å²) in [4.78, 5) is 0. The van der Waals surface area contributed by atoms with E-state index in [0.717, 1.165) is 11.5 Å². The van der Waals surface area contributed by atoms with Crippen LogP contribution in [0, 0.1) is 5.41 Å². The molecule has 2 nitrogen and oxygen atoms in total. The summed E-state index contributed by atoms with van der Waals surface area (Å²) in [6, 6.07) is 0. The lowest BCUT2D eigenvalue weighted by Crippen LogP contribution is -2.16. The Kier molecular flexibility index (Phi) is 5.06. The van der Waals surface area contributed by atoms with Gasteiger partial charge in [0.25, 0.3) is 0 Å². The molecule has 0 amide bonds. The van der Waals surface area contributed by atoms with Crippen molar-refractivity contribution < 1.29 is 4.74 Å². The predicted octanol–water partition coefficient (Wildman–Crippen LogP) is 2.98. The topological polar surface area (TPSA) is 35.2 Å². The SMILES string of the molecule is C\C=C/C(=C\C=C(/N)C(C)(C)C)OC. The Morgan fingerprint density at radius 3 is 2.14 bits per heavy atom. The van der Waals surface area contributed by atoms with Crippen LogP contribution in [0.1, 0.15) is 27.7 Å². The molecule has 0 unspecified atom stereocenters. The third-order valence-electron chi connectivity index (χ3n) is 1.86. The average molecular weight is 195 g/mol. The summed E-state index contributed by atoms with van der Waals surface area (Å²) in [6.07, 6.45) is 7.59. The minimum atomic E-state index is 0.00524. The van der Waals surface area contributed by atoms with E-state index in [0.29, 0.717) is 0 Å². The maximum absolute atomic E-state index is 5.89. The summed E-state index contributed by atoms with van der Waals surface area (Å²) in [6.45, 7) is 8.18. The standard InChI is InChI=1S/C12H21NO/c1-6-7-10(14-5)8-9-11(13)12(2,3)4/h6-9H,13H2,1-5H3/b7-6-,10-8+,11-9-. The molecule has 0 saturated heterocycles. The highest BCUT2D eigenvalue weighted by molar-refractivity contribution is 5.22. The van der Waals surface area contributed by atoms with E-state index >= 15 is 0 Å². The van der Waals surface area contributed by atoms with Crippen LogP contribution in [-0.4, -0.2) is 7.11 Å². The summed E-state index contributed by atoms with van der Waals surface area (Å²) in [7, 11) is 1.65. The second-order valence-corrected chi connectivity index (χ2v) is 4.15. The van der Waals surface area contributed by atoms with Crippen molar-refractivity contribution >= 4 is 0 Å². The molecule has 0 fully saturated rings. The molecule has 0 saturated carbocycles. The van der Waals surface area contributed by atoms with Crippen LogP contribution in [0.2, 0.25) is 0 Å². The first kappa shape index (κ1) is 12.8. The Morgan fingerprint density at radius 1 is 1.21 bits per heavy atom. The smallest absolute Gasteiger partial charge is 0.118 e. The molecule has 0 rings (SSSR count). The Hall–Kier alpha value is -1.18. The Balaban J connectivity index is 4.66. The lowest BCUT2D eigenvalue weighted by molar-refractivity contribution is 0.307. The molecule has 0 aliphatic rings. The van der Waals surface area contributed by atoms with Crippen LogP contribution in [0.3, 0.4) is 0 Å². The summed E-state index contributed by atoms with van der Waals surface area (Å²) >= 11 is 0. The number of methoxy groups -OCH3 is 1. The van der Waals surface area contributed by atoms with Gasteiger partial charge in [0.2, 0.25) is 0 Å². The minimum Gasteiger partial charge on any atom is -0.497 e. The molecule has 0 aromatic heterocycles. The van der Waals surface area contributed by atoms with Crippen LogP contribution in [0.25, 0.3) is 0 Å². The van der Waals surface area contributed by atoms with E-state index < -0.39 is 0 Å². The largest absolute Gasteiger partial charge is 0.497 e. The van der Waals surface area contributed by atoms with Gasteiger partial charge in [-0.15, -0.1) is 0 Å². The minimum absolute atomic E-state index is 0.00524. The van der Waals surface area contributed by atoms with Gasteiger partial charge in [0.05, 0.1) is 7.11 Å². The Morgan fingerprint density at radius 2 is 1.79 bits per heavy atom. The fourth-order valence-electron chi connectivity index (χ4n) is 0.778. The Bertz CT molecular complexity index is 254. The van der Waals surface area contributed by atoms with Crippen LogP contribution in [-0.2, 0) is 4.74 Å². The van der Waals surface area contributed by atoms with Gasteiger partial charge in [-0.1, -0.05) is 26.8 Å². The molecule has 0 atom stereocenters. The van der Waals surface area contributed by atoms with Crippen LogP contribution < -0.4 is 5.73 Å². The van der Waals surface area contributed by atoms with Gasteiger partial charge in [-0.05, 0) is 25.2 Å². The second-order valence-electron chi connectivity index (χ2n) is 4.15. The van der Waals surface area contributed by atoms with Gasteiger partial charge in [-0.2, -0.15) is 0 Å². The first-order valence-corrected chi connectivity index (χ1v) is 4.76. The molecule has 0 heterocycles. The number of allylic oxidation sites excluding steroid dienone is 5. The molecule has 0 bridgehead atoms. The number of nitrogens with two attached hydrogens (primary N) is 1. The highest BCUT2D eigenvalue weighted by Crippen LogP contribution is 2.20. The molecule has 0 aromatic rings. The van der Waals surface area contributed by atoms with Gasteiger partial charge in [0.15, 0.2) is 0 Å². The van der Waals surface area contributed by atoms with Gasteiger partial charge in [0, 0.05) is 11.1 Å². The van der Waals surface area contributed by atoms with Gasteiger partial charge in [-0.3, -0.25) is 0 Å². The average Bonchev–Trinajstić information content (AvgIpc) is 2.10. The lowest BCUT2D eigenvalue weighted by Gasteiger charge is -2.18. The van der Waals surface area contributed by atoms with E-state index in [-0.39, 0.29) is 5.41 Å². The number of hydrogen-bond acceptors (Lipinski definition) is 2.